The van der Waals surface area contributed by atoms with E-state index in [4.69, 9.17) is 5.11 Å². The van der Waals surface area contributed by atoms with Crippen LogP contribution < -0.4 is 10.0 Å². The molecule has 0 aromatic heterocycles. The van der Waals surface area contributed by atoms with Crippen molar-refractivity contribution in [2.75, 3.05) is 18.9 Å². The lowest BCUT2D eigenvalue weighted by Crippen LogP contribution is -2.21. The maximum atomic E-state index is 11.9. The fraction of sp³-hybridized carbons (Fsp3) is 0.462. The van der Waals surface area contributed by atoms with Gasteiger partial charge in [-0.3, -0.25) is 0 Å². The highest BCUT2D eigenvalue weighted by Gasteiger charge is 2.19. The number of anilines is 1. The van der Waals surface area contributed by atoms with E-state index in [9.17, 15) is 13.2 Å². The van der Waals surface area contributed by atoms with Crippen LogP contribution in [0.25, 0.3) is 0 Å². The number of unbranched alkanes of at least 4 members (excludes halogenated alkanes) is 2. The van der Waals surface area contributed by atoms with E-state index in [0.29, 0.717) is 12.2 Å². The molecule has 112 valence electrons. The molecule has 1 aromatic carbocycles. The molecule has 0 aliphatic carbocycles. The molecule has 0 aliphatic rings. The molecule has 0 amide bonds. The van der Waals surface area contributed by atoms with Gasteiger partial charge in [0.15, 0.2) is 0 Å². The molecule has 0 spiro atoms. The Morgan fingerprint density at radius 1 is 1.30 bits per heavy atom. The topological polar surface area (TPSA) is 95.5 Å². The van der Waals surface area contributed by atoms with Gasteiger partial charge >= 0.3 is 5.97 Å². The summed E-state index contributed by atoms with van der Waals surface area (Å²) >= 11 is 0. The molecule has 0 aliphatic heterocycles. The summed E-state index contributed by atoms with van der Waals surface area (Å²) in [6.07, 6.45) is 3.05. The van der Waals surface area contributed by atoms with E-state index in [-0.39, 0.29) is 10.5 Å². The number of nitrogens with one attached hydrogen (secondary N) is 2. The second-order valence-corrected chi connectivity index (χ2v) is 6.21. The number of aromatic carboxylic acids is 1. The van der Waals surface area contributed by atoms with E-state index in [1.165, 1.54) is 19.2 Å². The summed E-state index contributed by atoms with van der Waals surface area (Å²) in [6, 6.07) is 4.04. The van der Waals surface area contributed by atoms with Crippen LogP contribution in [-0.4, -0.2) is 33.1 Å². The van der Waals surface area contributed by atoms with E-state index in [0.717, 1.165) is 25.3 Å². The lowest BCUT2D eigenvalue weighted by Gasteiger charge is -2.12. The molecule has 0 saturated heterocycles. The van der Waals surface area contributed by atoms with Crippen molar-refractivity contribution >= 4 is 21.7 Å². The lowest BCUT2D eigenvalue weighted by molar-refractivity contribution is 0.0696. The van der Waals surface area contributed by atoms with E-state index >= 15 is 0 Å². The first-order chi connectivity index (χ1) is 9.42. The molecular weight excluding hydrogens is 280 g/mol. The molecule has 6 nitrogen and oxygen atoms in total. The highest BCUT2D eigenvalue weighted by atomic mass is 32.2. The summed E-state index contributed by atoms with van der Waals surface area (Å²) in [4.78, 5) is 10.9. The van der Waals surface area contributed by atoms with Crippen LogP contribution in [0.1, 0.15) is 36.5 Å². The first-order valence-electron chi connectivity index (χ1n) is 6.47. The van der Waals surface area contributed by atoms with Gasteiger partial charge in [0.25, 0.3) is 0 Å². The van der Waals surface area contributed by atoms with Crippen molar-refractivity contribution in [2.45, 2.75) is 31.1 Å². The predicted octanol–water partition coefficient (Wildman–Crippen LogP) is 1.90. The first-order valence-corrected chi connectivity index (χ1v) is 7.95. The molecule has 3 N–H and O–H groups in total. The second kappa shape index (κ2) is 7.25. The van der Waals surface area contributed by atoms with Gasteiger partial charge in [-0.15, -0.1) is 0 Å². The minimum Gasteiger partial charge on any atom is -0.478 e. The van der Waals surface area contributed by atoms with Gasteiger partial charge in [-0.05, 0) is 31.7 Å². The normalized spacial score (nSPS) is 11.3. The third-order valence-corrected chi connectivity index (χ3v) is 4.34. The molecule has 0 bridgehead atoms. The number of carboxylic acid groups (broad SMARTS) is 1. The SMILES string of the molecule is CCCCCNc1ccc(C(=O)O)cc1S(=O)(=O)NC. The number of sulfonamides is 1. The van der Waals surface area contributed by atoms with Crippen LogP contribution in [-0.2, 0) is 10.0 Å². The highest BCUT2D eigenvalue weighted by Crippen LogP contribution is 2.23. The summed E-state index contributed by atoms with van der Waals surface area (Å²) < 4.78 is 26.1. The van der Waals surface area contributed by atoms with Crippen molar-refractivity contribution in [3.05, 3.63) is 23.8 Å². The summed E-state index contributed by atoms with van der Waals surface area (Å²) in [5.74, 6) is -1.16. The van der Waals surface area contributed by atoms with E-state index in [2.05, 4.69) is 17.0 Å². The average Bonchev–Trinajstić information content (AvgIpc) is 2.43. The zero-order valence-electron chi connectivity index (χ0n) is 11.6. The molecule has 0 fully saturated rings. The van der Waals surface area contributed by atoms with Crippen molar-refractivity contribution in [1.82, 2.24) is 4.72 Å². The summed E-state index contributed by atoms with van der Waals surface area (Å²) in [6.45, 7) is 2.73. The van der Waals surface area contributed by atoms with Gasteiger partial charge in [0.05, 0.1) is 11.3 Å². The minimum absolute atomic E-state index is 0.0450. The molecular formula is C13H20N2O4S. The lowest BCUT2D eigenvalue weighted by atomic mass is 10.2. The Balaban J connectivity index is 3.07. The van der Waals surface area contributed by atoms with Crippen molar-refractivity contribution in [3.8, 4) is 0 Å². The molecule has 0 radical (unpaired) electrons. The summed E-state index contributed by atoms with van der Waals surface area (Å²) in [5.41, 5.74) is 0.360. The smallest absolute Gasteiger partial charge is 0.335 e. The van der Waals surface area contributed by atoms with E-state index in [1.807, 2.05) is 0 Å². The largest absolute Gasteiger partial charge is 0.478 e. The van der Waals surface area contributed by atoms with Crippen molar-refractivity contribution < 1.29 is 18.3 Å². The van der Waals surface area contributed by atoms with Gasteiger partial charge in [-0.25, -0.2) is 17.9 Å². The van der Waals surface area contributed by atoms with Gasteiger partial charge in [0.1, 0.15) is 4.90 Å². The Labute approximate surface area is 119 Å². The van der Waals surface area contributed by atoms with Gasteiger partial charge in [0, 0.05) is 6.54 Å². The molecule has 7 heteroatoms. The predicted molar refractivity (Wildman–Crippen MR) is 77.7 cm³/mol. The average molecular weight is 300 g/mol. The van der Waals surface area contributed by atoms with Crippen LogP contribution in [0.4, 0.5) is 5.69 Å². The van der Waals surface area contributed by atoms with E-state index < -0.39 is 16.0 Å². The minimum atomic E-state index is -3.70. The Morgan fingerprint density at radius 3 is 2.55 bits per heavy atom. The number of hydrogen-bond acceptors (Lipinski definition) is 4. The monoisotopic (exact) mass is 300 g/mol. The number of carboxylic acids is 1. The number of hydrogen-bond donors (Lipinski definition) is 3. The second-order valence-electron chi connectivity index (χ2n) is 4.36. The summed E-state index contributed by atoms with van der Waals surface area (Å²) in [5, 5.41) is 12.0. The maximum Gasteiger partial charge on any atom is 0.335 e. The van der Waals surface area contributed by atoms with Crippen molar-refractivity contribution in [1.29, 1.82) is 0 Å². The number of carbonyl (C=O) groups is 1. The zero-order valence-corrected chi connectivity index (χ0v) is 12.5. The quantitative estimate of drug-likeness (QED) is 0.637. The fourth-order valence-electron chi connectivity index (χ4n) is 1.73. The van der Waals surface area contributed by atoms with Gasteiger partial charge in [-0.2, -0.15) is 0 Å². The van der Waals surface area contributed by atoms with Crippen LogP contribution >= 0.6 is 0 Å². The summed E-state index contributed by atoms with van der Waals surface area (Å²) in [7, 11) is -2.41. The Hall–Kier alpha value is -1.60. The Bertz CT molecular complexity index is 570. The third kappa shape index (κ3) is 4.21. The Morgan fingerprint density at radius 2 is 2.00 bits per heavy atom. The molecule has 0 atom stereocenters. The first kappa shape index (κ1) is 16.5. The molecule has 20 heavy (non-hydrogen) atoms. The highest BCUT2D eigenvalue weighted by molar-refractivity contribution is 7.89. The van der Waals surface area contributed by atoms with Crippen molar-refractivity contribution in [2.24, 2.45) is 0 Å². The zero-order chi connectivity index (χ0) is 15.2. The maximum absolute atomic E-state index is 11.9. The Kier molecular flexibility index (Phi) is 5.97. The molecule has 0 heterocycles. The number of rotatable bonds is 8. The van der Waals surface area contributed by atoms with Gasteiger partial charge in [-0.1, -0.05) is 19.8 Å². The molecule has 1 aromatic rings. The fourth-order valence-corrected chi connectivity index (χ4v) is 2.66. The van der Waals surface area contributed by atoms with Crippen molar-refractivity contribution in [3.63, 3.8) is 0 Å². The molecule has 0 saturated carbocycles. The van der Waals surface area contributed by atoms with Gasteiger partial charge < -0.3 is 10.4 Å². The third-order valence-electron chi connectivity index (χ3n) is 2.88. The van der Waals surface area contributed by atoms with Gasteiger partial charge in [0.2, 0.25) is 10.0 Å². The number of benzene rings is 1. The van der Waals surface area contributed by atoms with Crippen LogP contribution in [0, 0.1) is 0 Å². The van der Waals surface area contributed by atoms with Crippen LogP contribution in [0.2, 0.25) is 0 Å². The standard InChI is InChI=1S/C13H20N2O4S/c1-3-4-5-8-15-11-7-6-10(13(16)17)9-12(11)20(18,19)14-2/h6-7,9,14-15H,3-5,8H2,1-2H3,(H,16,17). The van der Waals surface area contributed by atoms with E-state index in [1.54, 1.807) is 0 Å². The van der Waals surface area contributed by atoms with Crippen LogP contribution in [0.5, 0.6) is 0 Å². The van der Waals surface area contributed by atoms with Crippen LogP contribution in [0.3, 0.4) is 0 Å². The molecule has 0 unspecified atom stereocenters. The molecule has 1 rings (SSSR count). The van der Waals surface area contributed by atoms with Crippen LogP contribution in [0.15, 0.2) is 23.1 Å².